The number of hydrogen-bond acceptors (Lipinski definition) is 2. The minimum atomic E-state index is -0.857. The number of ketones is 1. The van der Waals surface area contributed by atoms with Crippen LogP contribution in [-0.4, -0.2) is 17.5 Å². The molecule has 0 saturated heterocycles. The average Bonchev–Trinajstić information content (AvgIpc) is 2.16. The Morgan fingerprint density at radius 1 is 1.38 bits per heavy atom. The maximum absolute atomic E-state index is 13.4. The van der Waals surface area contributed by atoms with Gasteiger partial charge in [-0.25, -0.2) is 8.78 Å². The largest absolute Gasteiger partial charge is 0.395 e. The first-order valence-electron chi connectivity index (χ1n) is 5.20. The van der Waals surface area contributed by atoms with Crippen molar-refractivity contribution in [1.82, 2.24) is 0 Å². The molecule has 0 spiro atoms. The first-order valence-corrected chi connectivity index (χ1v) is 5.20. The summed E-state index contributed by atoms with van der Waals surface area (Å²) in [5.41, 5.74) is -0.964. The summed E-state index contributed by atoms with van der Waals surface area (Å²) in [6.07, 6.45) is 1.99. The molecule has 0 radical (unpaired) electrons. The van der Waals surface area contributed by atoms with Crippen LogP contribution in [0.4, 0.5) is 8.78 Å². The molecule has 1 saturated carbocycles. The van der Waals surface area contributed by atoms with E-state index in [4.69, 9.17) is 0 Å². The lowest BCUT2D eigenvalue weighted by Crippen LogP contribution is -2.41. The molecule has 0 aromatic heterocycles. The second kappa shape index (κ2) is 3.94. The van der Waals surface area contributed by atoms with Crippen molar-refractivity contribution in [3.63, 3.8) is 0 Å². The summed E-state index contributed by atoms with van der Waals surface area (Å²) in [5.74, 6) is -1.98. The number of aliphatic hydroxyl groups is 1. The van der Waals surface area contributed by atoms with Crippen molar-refractivity contribution < 1.29 is 18.7 Å². The maximum Gasteiger partial charge on any atom is 0.174 e. The fraction of sp³-hybridized carbons (Fsp3) is 0.417. The van der Waals surface area contributed by atoms with Gasteiger partial charge in [0.25, 0.3) is 0 Å². The zero-order valence-electron chi connectivity index (χ0n) is 8.67. The van der Waals surface area contributed by atoms with E-state index in [9.17, 15) is 18.7 Å². The smallest absolute Gasteiger partial charge is 0.174 e. The van der Waals surface area contributed by atoms with E-state index >= 15 is 0 Å². The average molecular weight is 226 g/mol. The SMILES string of the molecule is O=C(c1ccc(F)cc1F)C1(CO)CCC1. The number of rotatable bonds is 3. The van der Waals surface area contributed by atoms with Gasteiger partial charge in [0.1, 0.15) is 11.6 Å². The lowest BCUT2D eigenvalue weighted by atomic mass is 9.65. The number of carbonyl (C=O) groups excluding carboxylic acids is 1. The normalized spacial score (nSPS) is 17.9. The van der Waals surface area contributed by atoms with Crippen molar-refractivity contribution in [2.75, 3.05) is 6.61 Å². The highest BCUT2D eigenvalue weighted by atomic mass is 19.1. The van der Waals surface area contributed by atoms with Crippen LogP contribution in [-0.2, 0) is 0 Å². The second-order valence-corrected chi connectivity index (χ2v) is 4.25. The molecule has 1 N–H and O–H groups in total. The third kappa shape index (κ3) is 1.63. The number of aliphatic hydroxyl groups excluding tert-OH is 1. The molecule has 1 aromatic carbocycles. The van der Waals surface area contributed by atoms with Crippen LogP contribution in [0.5, 0.6) is 0 Å². The molecule has 0 unspecified atom stereocenters. The summed E-state index contributed by atoms with van der Waals surface area (Å²) < 4.78 is 26.1. The van der Waals surface area contributed by atoms with Crippen molar-refractivity contribution in [3.05, 3.63) is 35.4 Å². The summed E-state index contributed by atoms with van der Waals surface area (Å²) in [7, 11) is 0. The molecular formula is C12H12F2O2. The second-order valence-electron chi connectivity index (χ2n) is 4.25. The van der Waals surface area contributed by atoms with E-state index in [2.05, 4.69) is 0 Å². The van der Waals surface area contributed by atoms with Gasteiger partial charge in [-0.1, -0.05) is 6.42 Å². The highest BCUT2D eigenvalue weighted by molar-refractivity contribution is 6.01. The van der Waals surface area contributed by atoms with Crippen LogP contribution in [0.25, 0.3) is 0 Å². The lowest BCUT2D eigenvalue weighted by molar-refractivity contribution is 0.0344. The van der Waals surface area contributed by atoms with Crippen molar-refractivity contribution in [2.24, 2.45) is 5.41 Å². The highest BCUT2D eigenvalue weighted by Gasteiger charge is 2.44. The first-order chi connectivity index (χ1) is 7.59. The molecule has 0 amide bonds. The molecule has 1 fully saturated rings. The molecule has 1 aliphatic rings. The van der Waals surface area contributed by atoms with Gasteiger partial charge in [-0.15, -0.1) is 0 Å². The van der Waals surface area contributed by atoms with Crippen LogP contribution in [0.2, 0.25) is 0 Å². The van der Waals surface area contributed by atoms with Crippen LogP contribution in [0, 0.1) is 17.0 Å². The van der Waals surface area contributed by atoms with Crippen molar-refractivity contribution >= 4 is 5.78 Å². The quantitative estimate of drug-likeness (QED) is 0.803. The van der Waals surface area contributed by atoms with E-state index in [0.29, 0.717) is 18.9 Å². The van der Waals surface area contributed by atoms with E-state index in [-0.39, 0.29) is 12.2 Å². The molecule has 0 bridgehead atoms. The van der Waals surface area contributed by atoms with E-state index in [1.54, 1.807) is 0 Å². The van der Waals surface area contributed by atoms with Crippen LogP contribution >= 0.6 is 0 Å². The van der Waals surface area contributed by atoms with Crippen LogP contribution in [0.3, 0.4) is 0 Å². The topological polar surface area (TPSA) is 37.3 Å². The monoisotopic (exact) mass is 226 g/mol. The molecule has 0 heterocycles. The molecule has 1 aliphatic carbocycles. The van der Waals surface area contributed by atoms with E-state index in [0.717, 1.165) is 18.6 Å². The fourth-order valence-electron chi connectivity index (χ4n) is 2.02. The molecule has 4 heteroatoms. The van der Waals surface area contributed by atoms with Crippen molar-refractivity contribution in [3.8, 4) is 0 Å². The molecule has 86 valence electrons. The molecule has 1 aromatic rings. The predicted molar refractivity (Wildman–Crippen MR) is 54.1 cm³/mol. The van der Waals surface area contributed by atoms with Gasteiger partial charge in [0.05, 0.1) is 17.6 Å². The number of benzene rings is 1. The fourth-order valence-corrected chi connectivity index (χ4v) is 2.02. The molecule has 16 heavy (non-hydrogen) atoms. The van der Waals surface area contributed by atoms with Crippen molar-refractivity contribution in [1.29, 1.82) is 0 Å². The Balaban J connectivity index is 2.33. The van der Waals surface area contributed by atoms with E-state index in [1.165, 1.54) is 0 Å². The number of halogens is 2. The van der Waals surface area contributed by atoms with E-state index < -0.39 is 22.8 Å². The summed E-state index contributed by atoms with van der Waals surface area (Å²) in [5, 5.41) is 9.20. The van der Waals surface area contributed by atoms with E-state index in [1.807, 2.05) is 0 Å². The van der Waals surface area contributed by atoms with Crippen molar-refractivity contribution in [2.45, 2.75) is 19.3 Å². The Bertz CT molecular complexity index is 420. The van der Waals surface area contributed by atoms with Crippen LogP contribution in [0.1, 0.15) is 29.6 Å². The van der Waals surface area contributed by atoms with Gasteiger partial charge in [-0.2, -0.15) is 0 Å². The lowest BCUT2D eigenvalue weighted by Gasteiger charge is -2.38. The summed E-state index contributed by atoms with van der Waals surface area (Å²) in [6.45, 7) is -0.275. The molecule has 0 aliphatic heterocycles. The molecule has 2 rings (SSSR count). The Labute approximate surface area is 91.9 Å². The Morgan fingerprint density at radius 3 is 2.50 bits per heavy atom. The number of carbonyl (C=O) groups is 1. The minimum Gasteiger partial charge on any atom is -0.395 e. The van der Waals surface area contributed by atoms with Crippen LogP contribution in [0.15, 0.2) is 18.2 Å². The Morgan fingerprint density at radius 2 is 2.06 bits per heavy atom. The van der Waals surface area contributed by atoms with Gasteiger partial charge in [-0.05, 0) is 25.0 Å². The third-order valence-corrected chi connectivity index (χ3v) is 3.27. The summed E-state index contributed by atoms with van der Waals surface area (Å²) in [4.78, 5) is 12.0. The number of hydrogen-bond donors (Lipinski definition) is 1. The molecular weight excluding hydrogens is 214 g/mol. The van der Waals surface area contributed by atoms with Gasteiger partial charge in [0, 0.05) is 6.07 Å². The van der Waals surface area contributed by atoms with Gasteiger partial charge in [0.15, 0.2) is 5.78 Å². The molecule has 2 nitrogen and oxygen atoms in total. The zero-order valence-corrected chi connectivity index (χ0v) is 8.67. The first kappa shape index (κ1) is 11.2. The standard InChI is InChI=1S/C12H12F2O2/c13-8-2-3-9(10(14)6-8)11(16)12(7-15)4-1-5-12/h2-3,6,15H,1,4-5,7H2. The molecule has 0 atom stereocenters. The third-order valence-electron chi connectivity index (χ3n) is 3.27. The number of Topliss-reactive ketones (excluding diaryl/α,β-unsaturated/α-hetero) is 1. The maximum atomic E-state index is 13.4. The van der Waals surface area contributed by atoms with Gasteiger partial charge >= 0.3 is 0 Å². The van der Waals surface area contributed by atoms with Gasteiger partial charge < -0.3 is 5.11 Å². The highest BCUT2D eigenvalue weighted by Crippen LogP contribution is 2.43. The minimum absolute atomic E-state index is 0.129. The van der Waals surface area contributed by atoms with Gasteiger partial charge in [-0.3, -0.25) is 4.79 Å². The Hall–Kier alpha value is -1.29. The predicted octanol–water partition coefficient (Wildman–Crippen LogP) is 2.31. The van der Waals surface area contributed by atoms with Crippen LogP contribution < -0.4 is 0 Å². The summed E-state index contributed by atoms with van der Waals surface area (Å²) >= 11 is 0. The van der Waals surface area contributed by atoms with Gasteiger partial charge in [0.2, 0.25) is 0 Å². The summed E-state index contributed by atoms with van der Waals surface area (Å²) in [6, 6.07) is 2.89. The zero-order chi connectivity index (χ0) is 11.8. The Kier molecular flexibility index (Phi) is 2.76.